The van der Waals surface area contributed by atoms with Crippen LogP contribution in [0.5, 0.6) is 17.2 Å². The van der Waals surface area contributed by atoms with Crippen LogP contribution in [-0.4, -0.2) is 36.0 Å². The van der Waals surface area contributed by atoms with Gasteiger partial charge < -0.3 is 19.3 Å². The molecule has 0 saturated heterocycles. The van der Waals surface area contributed by atoms with Crippen LogP contribution >= 0.6 is 49.9 Å². The van der Waals surface area contributed by atoms with Gasteiger partial charge in [0.05, 0.1) is 44.5 Å². The van der Waals surface area contributed by atoms with Gasteiger partial charge in [0.2, 0.25) is 0 Å². The Kier molecular flexibility index (Phi) is 8.20. The fourth-order valence-electron chi connectivity index (χ4n) is 3.81. The first-order valence-corrected chi connectivity index (χ1v) is 13.6. The maximum atomic E-state index is 13.7. The summed E-state index contributed by atoms with van der Waals surface area (Å²) in [6.07, 6.45) is 3.18. The van der Waals surface area contributed by atoms with Crippen LogP contribution in [0.4, 0.5) is 0 Å². The number of carbonyl (C=O) groups excluding carboxylic acids is 1. The molecule has 4 rings (SSSR count). The summed E-state index contributed by atoms with van der Waals surface area (Å²) >= 11 is 6.58. The van der Waals surface area contributed by atoms with Gasteiger partial charge in [-0.15, -0.1) is 0 Å². The molecule has 1 aliphatic heterocycles. The molecule has 1 aromatic heterocycles. The smallest absolute Gasteiger partial charge is 0.337 e. The molecule has 2 heterocycles. The molecule has 8 nitrogen and oxygen atoms in total. The molecule has 0 radical (unpaired) electrons. The van der Waals surface area contributed by atoms with Crippen molar-refractivity contribution in [3.63, 3.8) is 0 Å². The summed E-state index contributed by atoms with van der Waals surface area (Å²) in [7, 11) is 1.29. The van der Waals surface area contributed by atoms with Gasteiger partial charge in [0.15, 0.2) is 16.3 Å². The van der Waals surface area contributed by atoms with Crippen LogP contribution in [0.3, 0.4) is 0 Å². The first-order valence-electron chi connectivity index (χ1n) is 11.0. The highest BCUT2D eigenvalue weighted by atomic mass is 127. The van der Waals surface area contributed by atoms with Crippen LogP contribution in [0, 0.1) is 3.57 Å². The molecule has 0 spiro atoms. The van der Waals surface area contributed by atoms with E-state index in [1.807, 2.05) is 36.4 Å². The molecular weight excluding hydrogens is 663 g/mol. The molecule has 0 aliphatic carbocycles. The number of thiazole rings is 1. The minimum atomic E-state index is -0.766. The number of phenols is 1. The Labute approximate surface area is 232 Å². The summed E-state index contributed by atoms with van der Waals surface area (Å²) in [5, 5.41) is 10.0. The molecule has 0 saturated carbocycles. The summed E-state index contributed by atoms with van der Waals surface area (Å²) in [5.41, 5.74) is 1.31. The Morgan fingerprint density at radius 2 is 1.94 bits per heavy atom. The second kappa shape index (κ2) is 11.2. The average Bonchev–Trinajstić information content (AvgIpc) is 3.17. The molecule has 0 amide bonds. The second-order valence-electron chi connectivity index (χ2n) is 7.58. The standard InChI is InChI=1S/C25H22BrIN2O6S/c1-4-34-18-7-6-14(11-19(18)35-5-2)21-15(24(32)33-3)12-28-25-29(21)23(31)20(36-25)10-13-8-16(26)22(30)17(27)9-13/h6-12,21,30H,4-5H2,1-3H3/b20-10-/t21-/m1/s1. The highest BCUT2D eigenvalue weighted by Gasteiger charge is 2.31. The van der Waals surface area contributed by atoms with Crippen molar-refractivity contribution in [2.24, 2.45) is 4.99 Å². The molecule has 1 N–H and O–H groups in total. The normalized spacial score (nSPS) is 15.1. The number of benzene rings is 2. The zero-order valence-corrected chi connectivity index (χ0v) is 24.1. The van der Waals surface area contributed by atoms with E-state index in [-0.39, 0.29) is 16.9 Å². The maximum absolute atomic E-state index is 13.7. The molecule has 1 aliphatic rings. The molecule has 188 valence electrons. The van der Waals surface area contributed by atoms with Crippen molar-refractivity contribution in [2.45, 2.75) is 19.9 Å². The van der Waals surface area contributed by atoms with Crippen molar-refractivity contribution in [1.82, 2.24) is 4.57 Å². The topological polar surface area (TPSA) is 99.4 Å². The minimum absolute atomic E-state index is 0.137. The number of ether oxygens (including phenoxy) is 3. The SMILES string of the molecule is CCOc1ccc([C@@H]2C(C(=O)OC)=CN=c3s/c(=C\c4cc(Br)c(O)c(I)c4)c(=O)n32)cc1OCC. The lowest BCUT2D eigenvalue weighted by atomic mass is 9.97. The number of fused-ring (bicyclic) bond motifs is 1. The Hall–Kier alpha value is -2.64. The van der Waals surface area contributed by atoms with Crippen LogP contribution in [0.25, 0.3) is 6.08 Å². The fourth-order valence-corrected chi connectivity index (χ4v) is 6.28. The van der Waals surface area contributed by atoms with E-state index >= 15 is 0 Å². The number of aromatic hydroxyl groups is 1. The number of nitrogens with zero attached hydrogens (tertiary/aromatic N) is 2. The molecule has 0 bridgehead atoms. The lowest BCUT2D eigenvalue weighted by molar-refractivity contribution is -0.136. The maximum Gasteiger partial charge on any atom is 0.337 e. The largest absolute Gasteiger partial charge is 0.506 e. The van der Waals surface area contributed by atoms with Gasteiger partial charge in [-0.3, -0.25) is 9.36 Å². The van der Waals surface area contributed by atoms with Crippen molar-refractivity contribution >= 4 is 61.9 Å². The van der Waals surface area contributed by atoms with E-state index in [4.69, 9.17) is 14.2 Å². The zero-order valence-electron chi connectivity index (χ0n) is 19.6. The van der Waals surface area contributed by atoms with Crippen molar-refractivity contribution in [2.75, 3.05) is 20.3 Å². The minimum Gasteiger partial charge on any atom is -0.506 e. The number of phenolic OH excluding ortho intramolecular Hbond substituents is 1. The zero-order chi connectivity index (χ0) is 26.0. The Morgan fingerprint density at radius 1 is 1.22 bits per heavy atom. The van der Waals surface area contributed by atoms with E-state index in [2.05, 4.69) is 20.9 Å². The predicted octanol–water partition coefficient (Wildman–Crippen LogP) is 3.89. The highest BCUT2D eigenvalue weighted by Crippen LogP contribution is 2.35. The van der Waals surface area contributed by atoms with Gasteiger partial charge in [0.25, 0.3) is 5.56 Å². The van der Waals surface area contributed by atoms with E-state index in [1.165, 1.54) is 29.2 Å². The molecule has 11 heteroatoms. The van der Waals surface area contributed by atoms with E-state index in [0.717, 1.165) is 5.56 Å². The van der Waals surface area contributed by atoms with Crippen molar-refractivity contribution in [3.8, 4) is 17.2 Å². The van der Waals surface area contributed by atoms with E-state index in [1.54, 1.807) is 36.4 Å². The molecule has 36 heavy (non-hydrogen) atoms. The Balaban J connectivity index is 1.91. The first kappa shape index (κ1) is 26.4. The fraction of sp³-hybridized carbons (Fsp3) is 0.240. The van der Waals surface area contributed by atoms with Gasteiger partial charge >= 0.3 is 5.97 Å². The number of halogens is 2. The predicted molar refractivity (Wildman–Crippen MR) is 148 cm³/mol. The molecule has 2 aromatic carbocycles. The van der Waals surface area contributed by atoms with E-state index in [0.29, 0.717) is 47.7 Å². The van der Waals surface area contributed by atoms with Crippen LogP contribution in [0.2, 0.25) is 0 Å². The third kappa shape index (κ3) is 5.09. The van der Waals surface area contributed by atoms with Crippen molar-refractivity contribution in [3.05, 3.63) is 81.0 Å². The van der Waals surface area contributed by atoms with Crippen LogP contribution < -0.4 is 24.4 Å². The lowest BCUT2D eigenvalue weighted by Gasteiger charge is -2.23. The highest BCUT2D eigenvalue weighted by molar-refractivity contribution is 14.1. The van der Waals surface area contributed by atoms with Gasteiger partial charge in [-0.25, -0.2) is 9.79 Å². The summed E-state index contributed by atoms with van der Waals surface area (Å²) in [4.78, 5) is 31.2. The van der Waals surface area contributed by atoms with Crippen molar-refractivity contribution < 1.29 is 24.1 Å². The molecule has 0 unspecified atom stereocenters. The number of carbonyl (C=O) groups is 1. The summed E-state index contributed by atoms with van der Waals surface area (Å²) in [6, 6.07) is 8.09. The Bertz CT molecular complexity index is 1520. The number of hydrogen-bond donors (Lipinski definition) is 1. The second-order valence-corrected chi connectivity index (χ2v) is 10.6. The third-order valence-corrected chi connectivity index (χ3v) is 7.77. The van der Waals surface area contributed by atoms with Gasteiger partial charge in [-0.1, -0.05) is 17.4 Å². The number of hydrogen-bond acceptors (Lipinski definition) is 8. The summed E-state index contributed by atoms with van der Waals surface area (Å²) in [5.74, 6) is 0.648. The summed E-state index contributed by atoms with van der Waals surface area (Å²) < 4.78 is 19.6. The van der Waals surface area contributed by atoms with Gasteiger partial charge in [-0.05, 0) is 93.8 Å². The number of esters is 1. The number of methoxy groups -OCH3 is 1. The van der Waals surface area contributed by atoms with Gasteiger partial charge in [0, 0.05) is 6.20 Å². The van der Waals surface area contributed by atoms with Crippen LogP contribution in [0.1, 0.15) is 31.0 Å². The molecule has 0 fully saturated rings. The number of rotatable bonds is 7. The first-order chi connectivity index (χ1) is 17.3. The van der Waals surface area contributed by atoms with Gasteiger partial charge in [0.1, 0.15) is 5.75 Å². The third-order valence-electron chi connectivity index (χ3n) is 5.35. The number of aromatic nitrogens is 1. The quantitative estimate of drug-likeness (QED) is 0.300. The lowest BCUT2D eigenvalue weighted by Crippen LogP contribution is -2.39. The van der Waals surface area contributed by atoms with Crippen molar-refractivity contribution in [1.29, 1.82) is 0 Å². The van der Waals surface area contributed by atoms with Crippen LogP contribution in [-0.2, 0) is 9.53 Å². The van der Waals surface area contributed by atoms with E-state index in [9.17, 15) is 14.7 Å². The van der Waals surface area contributed by atoms with Gasteiger partial charge in [-0.2, -0.15) is 0 Å². The molecule has 3 aromatic rings. The average molecular weight is 685 g/mol. The van der Waals surface area contributed by atoms with Crippen LogP contribution in [0.15, 0.2) is 56.4 Å². The summed E-state index contributed by atoms with van der Waals surface area (Å²) in [6.45, 7) is 4.64. The molecular formula is C25H22BrIN2O6S. The monoisotopic (exact) mass is 684 g/mol. The Morgan fingerprint density at radius 3 is 2.61 bits per heavy atom. The van der Waals surface area contributed by atoms with E-state index < -0.39 is 12.0 Å². The molecule has 1 atom stereocenters.